The van der Waals surface area contributed by atoms with Crippen molar-refractivity contribution in [2.45, 2.75) is 13.2 Å². The predicted molar refractivity (Wildman–Crippen MR) is 125 cm³/mol. The second-order valence-corrected chi connectivity index (χ2v) is 7.21. The minimum Gasteiger partial charge on any atom is -0.493 e. The molecule has 3 rings (SSSR count). The van der Waals surface area contributed by atoms with Crippen molar-refractivity contribution < 1.29 is 9.47 Å². The summed E-state index contributed by atoms with van der Waals surface area (Å²) in [5.41, 5.74) is 5.78. The van der Waals surface area contributed by atoms with Crippen molar-refractivity contribution in [3.63, 3.8) is 0 Å². The molecule has 0 saturated carbocycles. The monoisotopic (exact) mass is 439 g/mol. The van der Waals surface area contributed by atoms with Gasteiger partial charge in [0, 0.05) is 11.6 Å². The van der Waals surface area contributed by atoms with Gasteiger partial charge in [0.2, 0.25) is 0 Å². The normalized spacial score (nSPS) is 10.6. The van der Waals surface area contributed by atoms with Gasteiger partial charge in [0.15, 0.2) is 16.6 Å². The largest absolute Gasteiger partial charge is 0.493 e. The molecule has 154 valence electrons. The van der Waals surface area contributed by atoms with E-state index in [4.69, 9.17) is 33.3 Å². The number of thiocarbonyl (C=S) groups is 1. The molecule has 0 saturated heterocycles. The molecule has 7 heteroatoms. The number of hydrogen-bond acceptors (Lipinski definition) is 4. The average Bonchev–Trinajstić information content (AvgIpc) is 2.77. The summed E-state index contributed by atoms with van der Waals surface area (Å²) >= 11 is 11.3. The SMILES string of the molecule is COc1cc(/C=N/NC(=S)NCc2ccccc2)ccc1OCc1cccc(Cl)c1. The summed E-state index contributed by atoms with van der Waals surface area (Å²) in [7, 11) is 1.60. The molecule has 0 heterocycles. The fourth-order valence-electron chi connectivity index (χ4n) is 2.65. The van der Waals surface area contributed by atoms with Gasteiger partial charge in [-0.15, -0.1) is 0 Å². The molecule has 0 bridgehead atoms. The van der Waals surface area contributed by atoms with Crippen LogP contribution in [0.15, 0.2) is 77.9 Å². The Balaban J connectivity index is 1.52. The lowest BCUT2D eigenvalue weighted by Crippen LogP contribution is -2.31. The van der Waals surface area contributed by atoms with Crippen LogP contribution < -0.4 is 20.2 Å². The number of rotatable bonds is 8. The summed E-state index contributed by atoms with van der Waals surface area (Å²) in [4.78, 5) is 0. The van der Waals surface area contributed by atoms with Crippen LogP contribution in [0.4, 0.5) is 0 Å². The van der Waals surface area contributed by atoms with Crippen molar-refractivity contribution in [1.29, 1.82) is 0 Å². The van der Waals surface area contributed by atoms with E-state index < -0.39 is 0 Å². The number of nitrogens with one attached hydrogen (secondary N) is 2. The molecule has 0 unspecified atom stereocenters. The van der Waals surface area contributed by atoms with E-state index in [2.05, 4.69) is 15.8 Å². The van der Waals surface area contributed by atoms with Crippen LogP contribution in [-0.4, -0.2) is 18.4 Å². The van der Waals surface area contributed by atoms with Gasteiger partial charge in [-0.2, -0.15) is 5.10 Å². The fraction of sp³-hybridized carbons (Fsp3) is 0.130. The Hall–Kier alpha value is -3.09. The first-order valence-electron chi connectivity index (χ1n) is 9.30. The first-order valence-corrected chi connectivity index (χ1v) is 10.1. The van der Waals surface area contributed by atoms with E-state index in [1.807, 2.05) is 72.8 Å². The molecule has 0 aliphatic heterocycles. The highest BCUT2D eigenvalue weighted by atomic mass is 35.5. The number of benzene rings is 3. The number of methoxy groups -OCH3 is 1. The van der Waals surface area contributed by atoms with Gasteiger partial charge in [-0.1, -0.05) is 54.1 Å². The highest BCUT2D eigenvalue weighted by molar-refractivity contribution is 7.80. The summed E-state index contributed by atoms with van der Waals surface area (Å²) < 4.78 is 11.3. The Kier molecular flexibility index (Phi) is 8.06. The van der Waals surface area contributed by atoms with Gasteiger partial charge in [-0.3, -0.25) is 5.43 Å². The summed E-state index contributed by atoms with van der Waals surface area (Å²) in [5, 5.41) is 8.40. The maximum Gasteiger partial charge on any atom is 0.187 e. The molecule has 3 aromatic carbocycles. The number of ether oxygens (including phenoxy) is 2. The van der Waals surface area contributed by atoms with Crippen LogP contribution in [0.25, 0.3) is 0 Å². The van der Waals surface area contributed by atoms with Crippen LogP contribution in [0.5, 0.6) is 11.5 Å². The van der Waals surface area contributed by atoms with E-state index in [0.29, 0.717) is 34.8 Å². The molecule has 0 fully saturated rings. The summed E-state index contributed by atoms with van der Waals surface area (Å²) in [6.07, 6.45) is 1.67. The van der Waals surface area contributed by atoms with Crippen LogP contribution in [0, 0.1) is 0 Å². The lowest BCUT2D eigenvalue weighted by Gasteiger charge is -2.11. The molecule has 0 spiro atoms. The van der Waals surface area contributed by atoms with Crippen molar-refractivity contribution in [2.24, 2.45) is 5.10 Å². The van der Waals surface area contributed by atoms with Crippen molar-refractivity contribution in [3.8, 4) is 11.5 Å². The summed E-state index contributed by atoms with van der Waals surface area (Å²) in [5.74, 6) is 1.26. The highest BCUT2D eigenvalue weighted by Gasteiger charge is 2.06. The average molecular weight is 440 g/mol. The van der Waals surface area contributed by atoms with E-state index in [0.717, 1.165) is 16.7 Å². The molecule has 5 nitrogen and oxygen atoms in total. The Morgan fingerprint density at radius 2 is 1.80 bits per heavy atom. The molecule has 2 N–H and O–H groups in total. The van der Waals surface area contributed by atoms with E-state index in [9.17, 15) is 0 Å². The van der Waals surface area contributed by atoms with Crippen molar-refractivity contribution >= 4 is 35.1 Å². The molecular weight excluding hydrogens is 418 g/mol. The van der Waals surface area contributed by atoms with Crippen LogP contribution >= 0.6 is 23.8 Å². The van der Waals surface area contributed by atoms with Crippen LogP contribution in [-0.2, 0) is 13.2 Å². The first-order chi connectivity index (χ1) is 14.6. The fourth-order valence-corrected chi connectivity index (χ4v) is 2.99. The second-order valence-electron chi connectivity index (χ2n) is 6.37. The van der Waals surface area contributed by atoms with Gasteiger partial charge < -0.3 is 14.8 Å². The zero-order valence-electron chi connectivity index (χ0n) is 16.5. The molecule has 0 radical (unpaired) electrons. The van der Waals surface area contributed by atoms with E-state index in [-0.39, 0.29) is 0 Å². The van der Waals surface area contributed by atoms with Crippen molar-refractivity contribution in [3.05, 3.63) is 94.5 Å². The Labute approximate surface area is 186 Å². The quantitative estimate of drug-likeness (QED) is 0.296. The van der Waals surface area contributed by atoms with E-state index in [1.54, 1.807) is 13.3 Å². The van der Waals surface area contributed by atoms with Crippen molar-refractivity contribution in [2.75, 3.05) is 7.11 Å². The van der Waals surface area contributed by atoms with E-state index in [1.165, 1.54) is 0 Å². The Morgan fingerprint density at radius 1 is 1.00 bits per heavy atom. The predicted octanol–water partition coefficient (Wildman–Crippen LogP) is 4.93. The molecule has 0 atom stereocenters. The molecule has 30 heavy (non-hydrogen) atoms. The third-order valence-corrected chi connectivity index (χ3v) is 4.62. The van der Waals surface area contributed by atoms with Crippen LogP contribution in [0.1, 0.15) is 16.7 Å². The van der Waals surface area contributed by atoms with Gasteiger partial charge >= 0.3 is 0 Å². The smallest absolute Gasteiger partial charge is 0.187 e. The number of hydrazone groups is 1. The summed E-state index contributed by atoms with van der Waals surface area (Å²) in [6.45, 7) is 1.03. The maximum absolute atomic E-state index is 6.01. The Bertz CT molecular complexity index is 1010. The lowest BCUT2D eigenvalue weighted by molar-refractivity contribution is 0.284. The van der Waals surface area contributed by atoms with Crippen molar-refractivity contribution in [1.82, 2.24) is 10.7 Å². The molecular formula is C23H22ClN3O2S. The summed E-state index contributed by atoms with van der Waals surface area (Å²) in [6, 6.07) is 23.1. The third kappa shape index (κ3) is 6.76. The number of nitrogens with zero attached hydrogens (tertiary/aromatic N) is 1. The molecule has 3 aromatic rings. The standard InChI is InChI=1S/C23H22ClN3O2S/c1-28-22-13-18(10-11-21(22)29-16-19-8-5-9-20(24)12-19)15-26-27-23(30)25-14-17-6-3-2-4-7-17/h2-13,15H,14,16H2,1H3,(H2,25,27,30)/b26-15+. The first kappa shape index (κ1) is 21.6. The molecule has 0 aliphatic rings. The van der Waals surface area contributed by atoms with Gasteiger partial charge in [0.25, 0.3) is 0 Å². The molecule has 0 aliphatic carbocycles. The van der Waals surface area contributed by atoms with Crippen LogP contribution in [0.3, 0.4) is 0 Å². The minimum atomic E-state index is 0.396. The number of halogens is 1. The third-order valence-electron chi connectivity index (χ3n) is 4.15. The maximum atomic E-state index is 6.01. The zero-order valence-corrected chi connectivity index (χ0v) is 18.0. The second kappa shape index (κ2) is 11.2. The minimum absolute atomic E-state index is 0.396. The van der Waals surface area contributed by atoms with E-state index >= 15 is 0 Å². The van der Waals surface area contributed by atoms with Gasteiger partial charge in [0.05, 0.1) is 13.3 Å². The molecule has 0 aromatic heterocycles. The highest BCUT2D eigenvalue weighted by Crippen LogP contribution is 2.28. The van der Waals surface area contributed by atoms with Gasteiger partial charge in [-0.05, 0) is 59.2 Å². The Morgan fingerprint density at radius 3 is 2.57 bits per heavy atom. The zero-order chi connectivity index (χ0) is 21.2. The number of hydrogen-bond donors (Lipinski definition) is 2. The van der Waals surface area contributed by atoms with Crippen LogP contribution in [0.2, 0.25) is 5.02 Å². The molecule has 0 amide bonds. The topological polar surface area (TPSA) is 54.9 Å². The van der Waals surface area contributed by atoms with Gasteiger partial charge in [-0.25, -0.2) is 0 Å². The van der Waals surface area contributed by atoms with Gasteiger partial charge in [0.1, 0.15) is 6.61 Å². The lowest BCUT2D eigenvalue weighted by atomic mass is 10.2.